The van der Waals surface area contributed by atoms with Crippen LogP contribution in [0.4, 0.5) is 0 Å². The van der Waals surface area contributed by atoms with Crippen molar-refractivity contribution in [1.29, 1.82) is 0 Å². The Labute approximate surface area is 66.3 Å². The Hall–Kier alpha value is -1.37. The molecule has 0 fully saturated rings. The molecule has 1 aromatic carbocycles. The lowest BCUT2D eigenvalue weighted by Gasteiger charge is -2.04. The quantitative estimate of drug-likeness (QED) is 0.509. The van der Waals surface area contributed by atoms with E-state index in [1.807, 2.05) is 18.6 Å². The first-order valence-electron chi connectivity index (χ1n) is 3.58. The van der Waals surface area contributed by atoms with Gasteiger partial charge in [-0.25, -0.2) is 0 Å². The summed E-state index contributed by atoms with van der Waals surface area (Å²) in [5.74, 6) is 1.64. The molecule has 1 aliphatic rings. The van der Waals surface area contributed by atoms with E-state index in [1.54, 1.807) is 0 Å². The zero-order chi connectivity index (χ0) is 7.84. The second-order valence-corrected chi connectivity index (χ2v) is 2.75. The molecule has 0 saturated carbocycles. The predicted octanol–water partition coefficient (Wildman–Crippen LogP) is 2.45. The van der Waals surface area contributed by atoms with Gasteiger partial charge in [-0.1, -0.05) is 17.7 Å². The second kappa shape index (κ2) is 2.06. The maximum atomic E-state index is 5.31. The molecule has 1 nitrogen and oxygen atoms in total. The first-order valence-corrected chi connectivity index (χ1v) is 3.58. The van der Waals surface area contributed by atoms with Gasteiger partial charge in [0.05, 0.1) is 0 Å². The Bertz CT molecular complexity index is 313. The summed E-state index contributed by atoms with van der Waals surface area (Å²) in [6.07, 6.45) is 1.95. The third-order valence-electron chi connectivity index (χ3n) is 1.72. The fourth-order valence-corrected chi connectivity index (χ4v) is 1.22. The highest BCUT2D eigenvalue weighted by molar-refractivity contribution is 5.50. The molecule has 1 heterocycles. The van der Waals surface area contributed by atoms with Gasteiger partial charge in [0.2, 0.25) is 0 Å². The molecule has 1 aromatic rings. The monoisotopic (exact) mass is 145 g/mol. The number of benzene rings is 1. The van der Waals surface area contributed by atoms with Gasteiger partial charge in [-0.15, -0.1) is 24.6 Å². The predicted molar refractivity (Wildman–Crippen MR) is 44.3 cm³/mol. The highest BCUT2D eigenvalue weighted by atomic mass is 16.5. The molecular formula is C10H9O-. The van der Waals surface area contributed by atoms with Gasteiger partial charge in [0, 0.05) is 11.5 Å². The summed E-state index contributed by atoms with van der Waals surface area (Å²) >= 11 is 0. The van der Waals surface area contributed by atoms with Crippen LogP contribution in [-0.4, -0.2) is 0 Å². The lowest BCUT2D eigenvalue weighted by molar-refractivity contribution is 0.462. The molecule has 2 rings (SSSR count). The van der Waals surface area contributed by atoms with E-state index >= 15 is 0 Å². The first kappa shape index (κ1) is 6.35. The van der Waals surface area contributed by atoms with Crippen molar-refractivity contribution in [3.63, 3.8) is 0 Å². The Morgan fingerprint density at radius 3 is 3.09 bits per heavy atom. The third kappa shape index (κ3) is 0.984. The summed E-state index contributed by atoms with van der Waals surface area (Å²) in [7, 11) is 0. The Morgan fingerprint density at radius 2 is 2.27 bits per heavy atom. The highest BCUT2D eigenvalue weighted by Gasteiger charge is 2.05. The van der Waals surface area contributed by atoms with Crippen LogP contribution in [0.25, 0.3) is 0 Å². The molecule has 0 amide bonds. The Kier molecular flexibility index (Phi) is 1.19. The van der Waals surface area contributed by atoms with Crippen LogP contribution in [0.15, 0.2) is 30.5 Å². The van der Waals surface area contributed by atoms with Crippen molar-refractivity contribution >= 4 is 0 Å². The topological polar surface area (TPSA) is 9.23 Å². The average molecular weight is 145 g/mol. The van der Waals surface area contributed by atoms with Gasteiger partial charge in [-0.2, -0.15) is 0 Å². The van der Waals surface area contributed by atoms with Gasteiger partial charge in [0.25, 0.3) is 0 Å². The summed E-state index contributed by atoms with van der Waals surface area (Å²) in [4.78, 5) is 0. The van der Waals surface area contributed by atoms with E-state index in [9.17, 15) is 0 Å². The zero-order valence-electron chi connectivity index (χ0n) is 6.42. The van der Waals surface area contributed by atoms with Crippen LogP contribution in [0.3, 0.4) is 0 Å². The van der Waals surface area contributed by atoms with E-state index in [0.717, 1.165) is 17.1 Å². The molecule has 0 saturated heterocycles. The van der Waals surface area contributed by atoms with Gasteiger partial charge >= 0.3 is 0 Å². The van der Waals surface area contributed by atoms with Crippen molar-refractivity contribution in [2.45, 2.75) is 6.92 Å². The van der Waals surface area contributed by atoms with E-state index in [2.05, 4.69) is 19.6 Å². The van der Waals surface area contributed by atoms with Crippen molar-refractivity contribution in [2.24, 2.45) is 0 Å². The molecule has 0 bridgehead atoms. The molecule has 0 spiro atoms. The summed E-state index contributed by atoms with van der Waals surface area (Å²) in [6.45, 7) is 5.79. The summed E-state index contributed by atoms with van der Waals surface area (Å²) < 4.78 is 5.31. The largest absolute Gasteiger partial charge is 0.520 e. The molecule has 0 unspecified atom stereocenters. The van der Waals surface area contributed by atoms with Gasteiger partial charge in [-0.3, -0.25) is 0 Å². The molecule has 0 aromatic heterocycles. The Morgan fingerprint density at radius 1 is 1.45 bits per heavy atom. The number of aryl methyl sites for hydroxylation is 1. The van der Waals surface area contributed by atoms with Crippen LogP contribution in [0.2, 0.25) is 0 Å². The molecule has 0 atom stereocenters. The zero-order valence-corrected chi connectivity index (χ0v) is 6.42. The van der Waals surface area contributed by atoms with Gasteiger partial charge < -0.3 is 4.74 Å². The fourth-order valence-electron chi connectivity index (χ4n) is 1.22. The summed E-state index contributed by atoms with van der Waals surface area (Å²) in [6, 6.07) is 6.10. The van der Waals surface area contributed by atoms with Gasteiger partial charge in [0.1, 0.15) is 0 Å². The minimum Gasteiger partial charge on any atom is -0.520 e. The molecule has 56 valence electrons. The van der Waals surface area contributed by atoms with Crippen LogP contribution in [0.1, 0.15) is 11.1 Å². The standard InChI is InChI=1S/C10H9O/c1-7-3-4-10-9(5-7)6-8(2)11-10/h3-6H,2H2,1H3/q-1. The van der Waals surface area contributed by atoms with Crippen LogP contribution in [0, 0.1) is 13.3 Å². The average Bonchev–Trinajstić information content (AvgIpc) is 2.27. The van der Waals surface area contributed by atoms with Crippen molar-refractivity contribution in [3.05, 3.63) is 48.1 Å². The van der Waals surface area contributed by atoms with Gasteiger partial charge in [-0.05, 0) is 6.92 Å². The molecule has 0 aliphatic carbocycles. The van der Waals surface area contributed by atoms with E-state index in [-0.39, 0.29) is 0 Å². The summed E-state index contributed by atoms with van der Waals surface area (Å²) in [5, 5.41) is 0. The van der Waals surface area contributed by atoms with Crippen molar-refractivity contribution in [3.8, 4) is 5.75 Å². The first-order chi connectivity index (χ1) is 5.25. The molecule has 1 aliphatic heterocycles. The SMILES string of the molecule is C=C1[CH-]c2cc(C)ccc2O1. The van der Waals surface area contributed by atoms with Crippen LogP contribution in [-0.2, 0) is 0 Å². The van der Waals surface area contributed by atoms with Crippen LogP contribution >= 0.6 is 0 Å². The molecule has 0 N–H and O–H groups in total. The maximum absolute atomic E-state index is 5.31. The maximum Gasteiger partial charge on any atom is 0.0488 e. The van der Waals surface area contributed by atoms with Crippen LogP contribution in [0.5, 0.6) is 5.75 Å². The van der Waals surface area contributed by atoms with E-state index in [4.69, 9.17) is 4.74 Å². The van der Waals surface area contributed by atoms with E-state index in [0.29, 0.717) is 0 Å². The number of rotatable bonds is 0. The van der Waals surface area contributed by atoms with Gasteiger partial charge in [0.15, 0.2) is 0 Å². The summed E-state index contributed by atoms with van der Waals surface area (Å²) in [5.41, 5.74) is 2.38. The molecule has 1 heteroatoms. The minimum atomic E-state index is 0.727. The van der Waals surface area contributed by atoms with Crippen molar-refractivity contribution < 1.29 is 4.74 Å². The lowest BCUT2D eigenvalue weighted by atomic mass is 10.1. The van der Waals surface area contributed by atoms with Crippen molar-refractivity contribution in [1.82, 2.24) is 0 Å². The number of allylic oxidation sites excluding steroid dienone is 1. The number of ether oxygens (including phenoxy) is 1. The fraction of sp³-hybridized carbons (Fsp3) is 0.100. The second-order valence-electron chi connectivity index (χ2n) is 2.75. The number of fused-ring (bicyclic) bond motifs is 1. The number of hydrogen-bond acceptors (Lipinski definition) is 1. The van der Waals surface area contributed by atoms with Crippen molar-refractivity contribution in [2.75, 3.05) is 0 Å². The molecular weight excluding hydrogens is 136 g/mol. The highest BCUT2D eigenvalue weighted by Crippen LogP contribution is 2.31. The minimum absolute atomic E-state index is 0.727. The van der Waals surface area contributed by atoms with E-state index in [1.165, 1.54) is 5.56 Å². The third-order valence-corrected chi connectivity index (χ3v) is 1.72. The van der Waals surface area contributed by atoms with Crippen LogP contribution < -0.4 is 4.74 Å². The molecule has 11 heavy (non-hydrogen) atoms. The van der Waals surface area contributed by atoms with E-state index < -0.39 is 0 Å². The lowest BCUT2D eigenvalue weighted by Crippen LogP contribution is -1.80. The normalized spacial score (nSPS) is 13.7. The smallest absolute Gasteiger partial charge is 0.0488 e. The Balaban J connectivity index is 2.51. The molecule has 0 radical (unpaired) electrons. The number of hydrogen-bond donors (Lipinski definition) is 0.